The second-order valence-electron chi connectivity index (χ2n) is 19.6. The fourth-order valence-corrected chi connectivity index (χ4v) is 13.5. The van der Waals surface area contributed by atoms with E-state index >= 15 is 0 Å². The van der Waals surface area contributed by atoms with Gasteiger partial charge in [0.05, 0.1) is 22.1 Å². The van der Waals surface area contributed by atoms with Crippen LogP contribution in [-0.2, 0) is 5.41 Å². The molecular weight excluding hydrogens is 885 g/mol. The van der Waals surface area contributed by atoms with Crippen LogP contribution >= 0.6 is 11.3 Å². The van der Waals surface area contributed by atoms with Gasteiger partial charge in [0.15, 0.2) is 5.58 Å². The first-order valence-electron chi connectivity index (χ1n) is 24.3. The number of furan rings is 1. The molecule has 0 atom stereocenters. The molecule has 0 N–H and O–H groups in total. The molecule has 6 heteroatoms. The van der Waals surface area contributed by atoms with Gasteiger partial charge in [-0.15, -0.1) is 11.3 Å². The Balaban J connectivity index is 1.06. The minimum absolute atomic E-state index is 0.130. The number of nitrogens with zero attached hydrogens (tertiary/aromatic N) is 4. The summed E-state index contributed by atoms with van der Waals surface area (Å²) >= 11 is 1.89. The Labute approximate surface area is 411 Å². The van der Waals surface area contributed by atoms with Crippen molar-refractivity contribution in [3.8, 4) is 45.1 Å². The first-order valence-corrected chi connectivity index (χ1v) is 25.1. The number of benzene rings is 10. The molecule has 0 radical (unpaired) electrons. The molecule has 0 amide bonds. The van der Waals surface area contributed by atoms with Gasteiger partial charge in [0.25, 0.3) is 0 Å². The van der Waals surface area contributed by atoms with Gasteiger partial charge in [-0.3, -0.25) is 4.57 Å². The van der Waals surface area contributed by atoms with Crippen LogP contribution in [0.25, 0.3) is 142 Å². The highest BCUT2D eigenvalue weighted by Crippen LogP contribution is 2.52. The third-order valence-electron chi connectivity index (χ3n) is 15.5. The molecule has 0 spiro atoms. The minimum Gasteiger partial charge on any atom is -0.452 e. The van der Waals surface area contributed by atoms with Crippen LogP contribution in [0.5, 0.6) is 0 Å². The van der Waals surface area contributed by atoms with Gasteiger partial charge >= 0.3 is 0 Å². The average Bonchev–Trinajstić information content (AvgIpc) is 4.22. The predicted octanol–water partition coefficient (Wildman–Crippen LogP) is 17.7. The van der Waals surface area contributed by atoms with Crippen molar-refractivity contribution in [1.29, 1.82) is 0 Å². The molecule has 0 saturated carbocycles. The zero-order valence-corrected chi connectivity index (χ0v) is 39.6. The number of para-hydroxylation sites is 3. The maximum atomic E-state index is 6.67. The first kappa shape index (κ1) is 39.1. The Morgan fingerprint density at radius 1 is 0.451 bits per heavy atom. The maximum absolute atomic E-state index is 6.67. The van der Waals surface area contributed by atoms with Crippen LogP contribution in [0.2, 0.25) is 0 Å². The molecule has 16 rings (SSSR count). The molecule has 0 unspecified atom stereocenters. The van der Waals surface area contributed by atoms with Crippen molar-refractivity contribution in [1.82, 2.24) is 19.1 Å². The lowest BCUT2D eigenvalue weighted by molar-refractivity contribution is 0.660. The second kappa shape index (κ2) is 14.1. The van der Waals surface area contributed by atoms with Crippen molar-refractivity contribution in [2.45, 2.75) is 19.3 Å². The molecule has 0 bridgehead atoms. The fraction of sp³-hybridized carbons (Fsp3) is 0.0462. The summed E-state index contributed by atoms with van der Waals surface area (Å²) in [6.45, 7) is 4.71. The molecule has 1 aliphatic carbocycles. The van der Waals surface area contributed by atoms with Crippen molar-refractivity contribution < 1.29 is 4.42 Å². The molecule has 0 fully saturated rings. The fourth-order valence-electron chi connectivity index (χ4n) is 12.3. The van der Waals surface area contributed by atoms with Crippen molar-refractivity contribution in [3.05, 3.63) is 217 Å². The van der Waals surface area contributed by atoms with E-state index < -0.39 is 0 Å². The van der Waals surface area contributed by atoms with E-state index in [1.54, 1.807) is 0 Å². The highest BCUT2D eigenvalue weighted by Gasteiger charge is 2.35. The summed E-state index contributed by atoms with van der Waals surface area (Å²) in [5, 5.41) is 10.6. The van der Waals surface area contributed by atoms with Gasteiger partial charge in [0, 0.05) is 74.5 Å². The van der Waals surface area contributed by atoms with Crippen molar-refractivity contribution in [2.75, 3.05) is 0 Å². The summed E-state index contributed by atoms with van der Waals surface area (Å²) < 4.78 is 14.0. The van der Waals surface area contributed by atoms with E-state index in [0.717, 1.165) is 60.8 Å². The summed E-state index contributed by atoms with van der Waals surface area (Å²) in [6.07, 6.45) is 0. The van der Waals surface area contributed by atoms with Gasteiger partial charge in [-0.1, -0.05) is 166 Å². The number of hydrogen-bond acceptors (Lipinski definition) is 4. The van der Waals surface area contributed by atoms with Gasteiger partial charge < -0.3 is 8.98 Å². The van der Waals surface area contributed by atoms with Gasteiger partial charge in [-0.25, -0.2) is 9.97 Å². The van der Waals surface area contributed by atoms with Gasteiger partial charge in [0.2, 0.25) is 5.95 Å². The molecule has 332 valence electrons. The number of aromatic nitrogens is 4. The molecular formula is C65H40N4OS. The number of thiophene rings is 1. The van der Waals surface area contributed by atoms with Crippen molar-refractivity contribution in [2.24, 2.45) is 0 Å². The van der Waals surface area contributed by atoms with Crippen LogP contribution in [-0.4, -0.2) is 19.1 Å². The SMILES string of the molecule is CC1(C)c2ccccc2-c2ccc(-c3ccc4c5c6c7cc8c9ccccc9n(-c9ccccc9)c8cc7sc6c6ccccc6c5n(-c5nc(-c6ccccc6)c6oc7ccccc7c6n5)c4c3)cc21. The Hall–Kier alpha value is -8.84. The second-order valence-corrected chi connectivity index (χ2v) is 20.7. The van der Waals surface area contributed by atoms with Gasteiger partial charge in [0.1, 0.15) is 16.8 Å². The molecule has 5 nitrogen and oxygen atoms in total. The van der Waals surface area contributed by atoms with E-state index in [9.17, 15) is 0 Å². The minimum atomic E-state index is -0.130. The lowest BCUT2D eigenvalue weighted by Crippen LogP contribution is -2.14. The summed E-state index contributed by atoms with van der Waals surface area (Å²) in [7, 11) is 0. The monoisotopic (exact) mass is 924 g/mol. The van der Waals surface area contributed by atoms with E-state index in [2.05, 4.69) is 211 Å². The molecule has 71 heavy (non-hydrogen) atoms. The number of rotatable bonds is 4. The van der Waals surface area contributed by atoms with Crippen LogP contribution < -0.4 is 0 Å². The molecule has 10 aromatic carbocycles. The summed E-state index contributed by atoms with van der Waals surface area (Å²) in [6, 6.07) is 75.0. The topological polar surface area (TPSA) is 48.8 Å². The molecule has 0 aliphatic heterocycles. The molecule has 15 aromatic rings. The zero-order chi connectivity index (χ0) is 46.7. The lowest BCUT2D eigenvalue weighted by Gasteiger charge is -2.22. The van der Waals surface area contributed by atoms with E-state index in [0.29, 0.717) is 11.5 Å². The van der Waals surface area contributed by atoms with Crippen LogP contribution in [0.1, 0.15) is 25.0 Å². The maximum Gasteiger partial charge on any atom is 0.236 e. The molecule has 5 heterocycles. The predicted molar refractivity (Wildman–Crippen MR) is 297 cm³/mol. The zero-order valence-electron chi connectivity index (χ0n) is 38.7. The quantitative estimate of drug-likeness (QED) is 0.177. The molecule has 1 aliphatic rings. The Morgan fingerprint density at radius 2 is 1.13 bits per heavy atom. The lowest BCUT2D eigenvalue weighted by atomic mass is 9.81. The van der Waals surface area contributed by atoms with E-state index in [4.69, 9.17) is 14.4 Å². The van der Waals surface area contributed by atoms with Crippen LogP contribution in [0.15, 0.2) is 211 Å². The normalized spacial score (nSPS) is 13.3. The standard InChI is InChI=1S/C65H40N4OS/c1-65(2)50-26-14-11-21-41(50)42-31-29-38(33-51(42)65)39-30-32-46-53(34-39)69(64-66-59(37-17-5-3-6-18-37)62-60(67-64)47-25-13-16-28-55(47)70-62)61-44-23-9-10-24-45(44)63-58(57(46)61)49-35-48-43-22-12-15-27-52(43)68(40-19-7-4-8-20-40)54(48)36-56(49)71-63/h3-36H,1-2H3. The highest BCUT2D eigenvalue weighted by atomic mass is 32.1. The summed E-state index contributed by atoms with van der Waals surface area (Å²) in [5.41, 5.74) is 17.2. The Morgan fingerprint density at radius 3 is 1.99 bits per heavy atom. The van der Waals surface area contributed by atoms with Crippen LogP contribution in [0.3, 0.4) is 0 Å². The van der Waals surface area contributed by atoms with E-state index in [1.165, 1.54) is 80.6 Å². The highest BCUT2D eigenvalue weighted by molar-refractivity contribution is 7.27. The Bertz CT molecular complexity index is 4780. The van der Waals surface area contributed by atoms with E-state index in [-0.39, 0.29) is 5.41 Å². The van der Waals surface area contributed by atoms with Crippen LogP contribution in [0.4, 0.5) is 0 Å². The van der Waals surface area contributed by atoms with Gasteiger partial charge in [-0.2, -0.15) is 0 Å². The molecule has 0 saturated heterocycles. The van der Waals surface area contributed by atoms with E-state index in [1.807, 2.05) is 29.5 Å². The smallest absolute Gasteiger partial charge is 0.236 e. The first-order chi connectivity index (χ1) is 35.0. The summed E-state index contributed by atoms with van der Waals surface area (Å²) in [4.78, 5) is 11.2. The average molecular weight is 925 g/mol. The van der Waals surface area contributed by atoms with Gasteiger partial charge in [-0.05, 0) is 88.0 Å². The largest absolute Gasteiger partial charge is 0.452 e. The van der Waals surface area contributed by atoms with Crippen molar-refractivity contribution >= 4 is 108 Å². The van der Waals surface area contributed by atoms with Crippen LogP contribution in [0, 0.1) is 0 Å². The third kappa shape index (κ3) is 5.29. The number of fused-ring (bicyclic) bond motifs is 19. The third-order valence-corrected chi connectivity index (χ3v) is 16.7. The summed E-state index contributed by atoms with van der Waals surface area (Å²) in [5.74, 6) is 0.600. The number of hydrogen-bond donors (Lipinski definition) is 0. The van der Waals surface area contributed by atoms with Crippen molar-refractivity contribution in [3.63, 3.8) is 0 Å². The Kier molecular flexibility index (Phi) is 7.77. The molecule has 5 aromatic heterocycles.